The quantitative estimate of drug-likeness (QED) is 0.769. The van der Waals surface area contributed by atoms with Crippen molar-refractivity contribution in [2.75, 3.05) is 5.75 Å². The Morgan fingerprint density at radius 1 is 1.31 bits per heavy atom. The number of hydrogen-bond acceptors (Lipinski definition) is 3. The molecule has 1 aliphatic rings. The molecule has 3 atom stereocenters. The fourth-order valence-corrected chi connectivity index (χ4v) is 3.68. The first-order valence-corrected chi connectivity index (χ1v) is 7.86. The molecule has 0 aromatic heterocycles. The van der Waals surface area contributed by atoms with E-state index in [9.17, 15) is 8.42 Å². The SMILES string of the molecule is CCCCS(=O)(=O)NC1CCC(C)NC1C. The molecule has 0 amide bonds. The Bertz CT molecular complexity index is 303. The van der Waals surface area contributed by atoms with Crippen molar-refractivity contribution in [1.82, 2.24) is 10.0 Å². The minimum Gasteiger partial charge on any atom is -0.310 e. The van der Waals surface area contributed by atoms with Gasteiger partial charge in [-0.2, -0.15) is 0 Å². The lowest BCUT2D eigenvalue weighted by Gasteiger charge is -2.34. The fraction of sp³-hybridized carbons (Fsp3) is 1.00. The van der Waals surface area contributed by atoms with Crippen LogP contribution >= 0.6 is 0 Å². The second-order valence-corrected chi connectivity index (χ2v) is 6.70. The van der Waals surface area contributed by atoms with Crippen molar-refractivity contribution < 1.29 is 8.42 Å². The fourth-order valence-electron chi connectivity index (χ4n) is 2.11. The third kappa shape index (κ3) is 4.39. The van der Waals surface area contributed by atoms with Crippen LogP contribution < -0.4 is 10.0 Å². The summed E-state index contributed by atoms with van der Waals surface area (Å²) in [6.45, 7) is 6.18. The molecule has 16 heavy (non-hydrogen) atoms. The van der Waals surface area contributed by atoms with E-state index in [0.717, 1.165) is 25.7 Å². The molecular weight excluding hydrogens is 224 g/mol. The molecule has 1 saturated heterocycles. The molecular formula is C11H24N2O2S. The van der Waals surface area contributed by atoms with Crippen molar-refractivity contribution in [2.24, 2.45) is 0 Å². The van der Waals surface area contributed by atoms with Crippen molar-refractivity contribution in [1.29, 1.82) is 0 Å². The van der Waals surface area contributed by atoms with Crippen molar-refractivity contribution in [2.45, 2.75) is 64.6 Å². The lowest BCUT2D eigenvalue weighted by atomic mass is 9.96. The van der Waals surface area contributed by atoms with E-state index in [0.29, 0.717) is 6.04 Å². The summed E-state index contributed by atoms with van der Waals surface area (Å²) in [6.07, 6.45) is 3.61. The van der Waals surface area contributed by atoms with E-state index in [1.165, 1.54) is 0 Å². The summed E-state index contributed by atoms with van der Waals surface area (Å²) in [7, 11) is -3.08. The Labute approximate surface area is 99.2 Å². The van der Waals surface area contributed by atoms with Crippen molar-refractivity contribution in [3.8, 4) is 0 Å². The Kier molecular flexibility index (Phi) is 5.21. The highest BCUT2D eigenvalue weighted by Crippen LogP contribution is 2.14. The van der Waals surface area contributed by atoms with E-state index < -0.39 is 10.0 Å². The molecule has 1 rings (SSSR count). The number of rotatable bonds is 5. The highest BCUT2D eigenvalue weighted by molar-refractivity contribution is 7.89. The highest BCUT2D eigenvalue weighted by atomic mass is 32.2. The van der Waals surface area contributed by atoms with Gasteiger partial charge in [-0.25, -0.2) is 13.1 Å². The van der Waals surface area contributed by atoms with Crippen LogP contribution in [-0.2, 0) is 10.0 Å². The largest absolute Gasteiger partial charge is 0.310 e. The second-order valence-electron chi connectivity index (χ2n) is 4.83. The van der Waals surface area contributed by atoms with E-state index >= 15 is 0 Å². The first-order chi connectivity index (χ1) is 7.44. The lowest BCUT2D eigenvalue weighted by Crippen LogP contribution is -2.55. The molecule has 1 fully saturated rings. The molecule has 0 aromatic carbocycles. The summed E-state index contributed by atoms with van der Waals surface area (Å²) in [5.41, 5.74) is 0. The second kappa shape index (κ2) is 5.98. The van der Waals surface area contributed by atoms with Gasteiger partial charge >= 0.3 is 0 Å². The molecule has 0 spiro atoms. The van der Waals surface area contributed by atoms with Gasteiger partial charge in [-0.1, -0.05) is 13.3 Å². The molecule has 0 saturated carbocycles. The summed E-state index contributed by atoms with van der Waals surface area (Å²) in [4.78, 5) is 0. The summed E-state index contributed by atoms with van der Waals surface area (Å²) < 4.78 is 26.3. The Hall–Kier alpha value is -0.130. The van der Waals surface area contributed by atoms with Gasteiger partial charge in [0.25, 0.3) is 0 Å². The minimum absolute atomic E-state index is 0.0538. The molecule has 1 heterocycles. The number of nitrogens with one attached hydrogen (secondary N) is 2. The van der Waals surface area contributed by atoms with E-state index in [2.05, 4.69) is 17.0 Å². The molecule has 1 aliphatic heterocycles. The summed E-state index contributed by atoms with van der Waals surface area (Å²) in [5.74, 6) is 0.252. The van der Waals surface area contributed by atoms with Gasteiger partial charge in [0.1, 0.15) is 0 Å². The molecule has 0 bridgehead atoms. The molecule has 0 radical (unpaired) electrons. The average Bonchev–Trinajstić information content (AvgIpc) is 2.19. The van der Waals surface area contributed by atoms with Crippen LogP contribution in [0.4, 0.5) is 0 Å². The van der Waals surface area contributed by atoms with Crippen LogP contribution in [0.15, 0.2) is 0 Å². The van der Waals surface area contributed by atoms with Gasteiger partial charge < -0.3 is 5.32 Å². The normalized spacial score (nSPS) is 31.6. The predicted octanol–water partition coefficient (Wildman–Crippen LogP) is 1.23. The van der Waals surface area contributed by atoms with E-state index in [-0.39, 0.29) is 17.8 Å². The van der Waals surface area contributed by atoms with Crippen LogP contribution in [0.3, 0.4) is 0 Å². The molecule has 5 heteroatoms. The van der Waals surface area contributed by atoms with E-state index in [4.69, 9.17) is 0 Å². The first-order valence-electron chi connectivity index (χ1n) is 6.20. The van der Waals surface area contributed by atoms with Gasteiger partial charge in [-0.15, -0.1) is 0 Å². The molecule has 4 nitrogen and oxygen atoms in total. The maximum absolute atomic E-state index is 11.7. The number of unbranched alkanes of at least 4 members (excludes halogenated alkanes) is 1. The summed E-state index contributed by atoms with van der Waals surface area (Å²) in [6, 6.07) is 0.768. The average molecular weight is 248 g/mol. The zero-order chi connectivity index (χ0) is 12.2. The lowest BCUT2D eigenvalue weighted by molar-refractivity contribution is 0.297. The number of hydrogen-bond donors (Lipinski definition) is 2. The van der Waals surface area contributed by atoms with Gasteiger partial charge in [0.15, 0.2) is 0 Å². The van der Waals surface area contributed by atoms with Crippen LogP contribution in [0.2, 0.25) is 0 Å². The summed E-state index contributed by atoms with van der Waals surface area (Å²) >= 11 is 0. The third-order valence-corrected chi connectivity index (χ3v) is 4.65. The first kappa shape index (κ1) is 13.9. The topological polar surface area (TPSA) is 58.2 Å². The van der Waals surface area contributed by atoms with E-state index in [1.807, 2.05) is 13.8 Å². The van der Waals surface area contributed by atoms with Crippen LogP contribution in [0.5, 0.6) is 0 Å². The minimum atomic E-state index is -3.08. The molecule has 0 aromatic rings. The number of sulfonamides is 1. The molecule has 3 unspecified atom stereocenters. The van der Waals surface area contributed by atoms with Gasteiger partial charge in [0.05, 0.1) is 5.75 Å². The van der Waals surface area contributed by atoms with Crippen molar-refractivity contribution in [3.05, 3.63) is 0 Å². The van der Waals surface area contributed by atoms with Gasteiger partial charge in [-0.05, 0) is 33.1 Å². The van der Waals surface area contributed by atoms with Crippen LogP contribution in [-0.4, -0.2) is 32.3 Å². The Morgan fingerprint density at radius 2 is 2.00 bits per heavy atom. The third-order valence-electron chi connectivity index (χ3n) is 3.16. The highest BCUT2D eigenvalue weighted by Gasteiger charge is 2.27. The Balaban J connectivity index is 2.47. The van der Waals surface area contributed by atoms with Gasteiger partial charge in [0.2, 0.25) is 10.0 Å². The Morgan fingerprint density at radius 3 is 2.56 bits per heavy atom. The van der Waals surface area contributed by atoms with Gasteiger partial charge in [-0.3, -0.25) is 0 Å². The maximum Gasteiger partial charge on any atom is 0.211 e. The smallest absolute Gasteiger partial charge is 0.211 e. The van der Waals surface area contributed by atoms with Crippen LogP contribution in [0, 0.1) is 0 Å². The van der Waals surface area contributed by atoms with Crippen molar-refractivity contribution in [3.63, 3.8) is 0 Å². The van der Waals surface area contributed by atoms with Gasteiger partial charge in [0, 0.05) is 18.1 Å². The van der Waals surface area contributed by atoms with Crippen LogP contribution in [0.1, 0.15) is 46.5 Å². The molecule has 96 valence electrons. The standard InChI is InChI=1S/C11H24N2O2S/c1-4-5-8-16(14,15)13-11-7-6-9(2)12-10(11)3/h9-13H,4-8H2,1-3H3. The predicted molar refractivity (Wildman–Crippen MR) is 66.9 cm³/mol. The molecule has 0 aliphatic carbocycles. The van der Waals surface area contributed by atoms with Crippen molar-refractivity contribution >= 4 is 10.0 Å². The summed E-state index contributed by atoms with van der Waals surface area (Å²) in [5, 5.41) is 3.38. The van der Waals surface area contributed by atoms with Crippen LogP contribution in [0.25, 0.3) is 0 Å². The monoisotopic (exact) mass is 248 g/mol. The zero-order valence-electron chi connectivity index (χ0n) is 10.5. The number of piperidine rings is 1. The maximum atomic E-state index is 11.7. The zero-order valence-corrected chi connectivity index (χ0v) is 11.3. The molecule has 2 N–H and O–H groups in total. The van der Waals surface area contributed by atoms with E-state index in [1.54, 1.807) is 0 Å².